The van der Waals surface area contributed by atoms with E-state index in [1.165, 1.54) is 5.56 Å². The zero-order valence-corrected chi connectivity index (χ0v) is 14.8. The van der Waals surface area contributed by atoms with Gasteiger partial charge < -0.3 is 15.5 Å². The summed E-state index contributed by atoms with van der Waals surface area (Å²) in [6, 6.07) is 5.59. The van der Waals surface area contributed by atoms with Crippen LogP contribution in [0.4, 0.5) is 5.69 Å². The van der Waals surface area contributed by atoms with Gasteiger partial charge in [0.2, 0.25) is 5.91 Å². The summed E-state index contributed by atoms with van der Waals surface area (Å²) in [6.07, 6.45) is 1.70. The van der Waals surface area contributed by atoms with Gasteiger partial charge in [-0.1, -0.05) is 31.0 Å². The van der Waals surface area contributed by atoms with Crippen LogP contribution >= 0.6 is 24.0 Å². The zero-order valence-electron chi connectivity index (χ0n) is 13.2. The average molecular weight is 346 g/mol. The maximum Gasteiger partial charge on any atom is 0.239 e. The molecule has 1 unspecified atom stereocenters. The number of nitrogens with two attached hydrogens (primary N) is 1. The Balaban J connectivity index is 0.00000242. The van der Waals surface area contributed by atoms with Crippen LogP contribution in [0.1, 0.15) is 25.3 Å². The van der Waals surface area contributed by atoms with Crippen LogP contribution in [-0.4, -0.2) is 43.0 Å². The molecule has 1 amide bonds. The monoisotopic (exact) mass is 345 g/mol. The Bertz CT molecular complexity index is 502. The van der Waals surface area contributed by atoms with Gasteiger partial charge in [0.15, 0.2) is 0 Å². The SMILES string of the molecule is CCCC(N)C(=O)N1CCN(c2cc(Cl)ccc2C)CC1.Cl. The van der Waals surface area contributed by atoms with Crippen molar-refractivity contribution in [3.05, 3.63) is 28.8 Å². The fourth-order valence-electron chi connectivity index (χ4n) is 2.76. The Morgan fingerprint density at radius 2 is 1.95 bits per heavy atom. The number of anilines is 1. The molecule has 124 valence electrons. The van der Waals surface area contributed by atoms with Crippen molar-refractivity contribution in [1.82, 2.24) is 4.90 Å². The number of amides is 1. The van der Waals surface area contributed by atoms with E-state index in [-0.39, 0.29) is 24.4 Å². The van der Waals surface area contributed by atoms with E-state index in [0.29, 0.717) is 0 Å². The number of nitrogens with zero attached hydrogens (tertiary/aromatic N) is 2. The molecular weight excluding hydrogens is 321 g/mol. The fraction of sp³-hybridized carbons (Fsp3) is 0.562. The quantitative estimate of drug-likeness (QED) is 0.912. The molecule has 0 aromatic heterocycles. The first-order valence-electron chi connectivity index (χ1n) is 7.58. The highest BCUT2D eigenvalue weighted by Gasteiger charge is 2.25. The molecule has 1 aliphatic heterocycles. The van der Waals surface area contributed by atoms with Crippen molar-refractivity contribution in [3.63, 3.8) is 0 Å². The summed E-state index contributed by atoms with van der Waals surface area (Å²) < 4.78 is 0. The summed E-state index contributed by atoms with van der Waals surface area (Å²) in [5, 5.41) is 0.749. The molecule has 6 heteroatoms. The molecule has 1 aliphatic rings. The van der Waals surface area contributed by atoms with E-state index in [2.05, 4.69) is 11.8 Å². The highest BCUT2D eigenvalue weighted by Crippen LogP contribution is 2.25. The number of benzene rings is 1. The number of hydrogen-bond acceptors (Lipinski definition) is 3. The summed E-state index contributed by atoms with van der Waals surface area (Å²) in [5.41, 5.74) is 8.30. The smallest absolute Gasteiger partial charge is 0.239 e. The van der Waals surface area contributed by atoms with Gasteiger partial charge in [-0.2, -0.15) is 0 Å². The maximum absolute atomic E-state index is 12.2. The average Bonchev–Trinajstić information content (AvgIpc) is 2.49. The lowest BCUT2D eigenvalue weighted by Crippen LogP contribution is -2.53. The molecule has 1 aromatic carbocycles. The highest BCUT2D eigenvalue weighted by molar-refractivity contribution is 6.30. The second kappa shape index (κ2) is 8.61. The largest absolute Gasteiger partial charge is 0.368 e. The molecule has 1 atom stereocenters. The number of halogens is 2. The van der Waals surface area contributed by atoms with Gasteiger partial charge in [0.05, 0.1) is 6.04 Å². The number of aryl methyl sites for hydroxylation is 1. The van der Waals surface area contributed by atoms with Gasteiger partial charge in [-0.15, -0.1) is 12.4 Å². The summed E-state index contributed by atoms with van der Waals surface area (Å²) in [4.78, 5) is 16.4. The van der Waals surface area contributed by atoms with Crippen LogP contribution in [0.2, 0.25) is 5.02 Å². The Labute approximate surface area is 144 Å². The molecule has 0 spiro atoms. The Morgan fingerprint density at radius 3 is 2.55 bits per heavy atom. The molecule has 2 N–H and O–H groups in total. The first kappa shape index (κ1) is 19.1. The summed E-state index contributed by atoms with van der Waals surface area (Å²) in [7, 11) is 0. The molecule has 1 saturated heterocycles. The lowest BCUT2D eigenvalue weighted by atomic mass is 10.1. The topological polar surface area (TPSA) is 49.6 Å². The van der Waals surface area contributed by atoms with E-state index in [1.807, 2.05) is 30.0 Å². The lowest BCUT2D eigenvalue weighted by Gasteiger charge is -2.37. The molecule has 1 aromatic rings. The van der Waals surface area contributed by atoms with E-state index >= 15 is 0 Å². The lowest BCUT2D eigenvalue weighted by molar-refractivity contribution is -0.133. The molecule has 0 radical (unpaired) electrons. The summed E-state index contributed by atoms with van der Waals surface area (Å²) in [6.45, 7) is 7.23. The Morgan fingerprint density at radius 1 is 1.32 bits per heavy atom. The minimum Gasteiger partial charge on any atom is -0.368 e. The van der Waals surface area contributed by atoms with E-state index in [0.717, 1.165) is 49.7 Å². The van der Waals surface area contributed by atoms with Gasteiger partial charge in [0.1, 0.15) is 0 Å². The fourth-order valence-corrected chi connectivity index (χ4v) is 2.93. The van der Waals surface area contributed by atoms with Crippen LogP contribution in [0.3, 0.4) is 0 Å². The number of hydrogen-bond donors (Lipinski definition) is 1. The highest BCUT2D eigenvalue weighted by atomic mass is 35.5. The van der Waals surface area contributed by atoms with Crippen LogP contribution < -0.4 is 10.6 Å². The summed E-state index contributed by atoms with van der Waals surface area (Å²) in [5.74, 6) is 0.0827. The number of piperazine rings is 1. The normalized spacial score (nSPS) is 16.2. The minimum absolute atomic E-state index is 0. The standard InChI is InChI=1S/C16H24ClN3O.ClH/c1-3-4-14(18)16(21)20-9-7-19(8-10-20)15-11-13(17)6-5-12(15)2;/h5-6,11,14H,3-4,7-10,18H2,1-2H3;1H. The van der Waals surface area contributed by atoms with E-state index in [1.54, 1.807) is 0 Å². The van der Waals surface area contributed by atoms with Crippen molar-refractivity contribution in [2.75, 3.05) is 31.1 Å². The van der Waals surface area contributed by atoms with Gasteiger partial charge in [-0.25, -0.2) is 0 Å². The molecule has 4 nitrogen and oxygen atoms in total. The second-order valence-corrected chi connectivity index (χ2v) is 6.07. The van der Waals surface area contributed by atoms with E-state index < -0.39 is 0 Å². The molecule has 1 heterocycles. The van der Waals surface area contributed by atoms with Crippen molar-refractivity contribution >= 4 is 35.6 Å². The van der Waals surface area contributed by atoms with Crippen LogP contribution in [0, 0.1) is 6.92 Å². The first-order chi connectivity index (χ1) is 10.0. The molecule has 0 aliphatic carbocycles. The molecule has 0 bridgehead atoms. The van der Waals surface area contributed by atoms with E-state index in [4.69, 9.17) is 17.3 Å². The van der Waals surface area contributed by atoms with Crippen LogP contribution in [-0.2, 0) is 4.79 Å². The second-order valence-electron chi connectivity index (χ2n) is 5.64. The Kier molecular flexibility index (Phi) is 7.46. The van der Waals surface area contributed by atoms with Gasteiger partial charge in [0, 0.05) is 36.9 Å². The molecule has 22 heavy (non-hydrogen) atoms. The third-order valence-electron chi connectivity index (χ3n) is 4.02. The maximum atomic E-state index is 12.2. The number of carbonyl (C=O) groups is 1. The van der Waals surface area contributed by atoms with Gasteiger partial charge >= 0.3 is 0 Å². The Hall–Kier alpha value is -0.970. The predicted octanol–water partition coefficient (Wildman–Crippen LogP) is 2.85. The van der Waals surface area contributed by atoms with Crippen molar-refractivity contribution in [3.8, 4) is 0 Å². The third-order valence-corrected chi connectivity index (χ3v) is 4.26. The number of rotatable bonds is 4. The summed E-state index contributed by atoms with van der Waals surface area (Å²) >= 11 is 6.08. The molecular formula is C16H25Cl2N3O. The van der Waals surface area contributed by atoms with Gasteiger partial charge in [-0.3, -0.25) is 4.79 Å². The van der Waals surface area contributed by atoms with Gasteiger partial charge in [-0.05, 0) is 31.0 Å². The predicted molar refractivity (Wildman–Crippen MR) is 95.1 cm³/mol. The van der Waals surface area contributed by atoms with Crippen LogP contribution in [0.15, 0.2) is 18.2 Å². The van der Waals surface area contributed by atoms with Crippen LogP contribution in [0.5, 0.6) is 0 Å². The zero-order chi connectivity index (χ0) is 15.4. The number of carbonyl (C=O) groups excluding carboxylic acids is 1. The van der Waals surface area contributed by atoms with Crippen LogP contribution in [0.25, 0.3) is 0 Å². The molecule has 0 saturated carbocycles. The molecule has 1 fully saturated rings. The minimum atomic E-state index is -0.352. The van der Waals surface area contributed by atoms with Gasteiger partial charge in [0.25, 0.3) is 0 Å². The third kappa shape index (κ3) is 4.51. The van der Waals surface area contributed by atoms with Crippen molar-refractivity contribution in [1.29, 1.82) is 0 Å². The van der Waals surface area contributed by atoms with Crippen molar-refractivity contribution in [2.45, 2.75) is 32.7 Å². The van der Waals surface area contributed by atoms with E-state index in [9.17, 15) is 4.79 Å². The van der Waals surface area contributed by atoms with Crippen molar-refractivity contribution in [2.24, 2.45) is 5.73 Å². The first-order valence-corrected chi connectivity index (χ1v) is 7.96. The molecule has 2 rings (SSSR count). The van der Waals surface area contributed by atoms with Crippen molar-refractivity contribution < 1.29 is 4.79 Å².